The standard InChI is InChI=1S/C15H18N2O/c1-12-6-5-9-14(17-12)10-16-11-15(18)13-7-3-2-4-8-13/h2-9,15-16,18H,10-11H2,1H3. The monoisotopic (exact) mass is 242 g/mol. The van der Waals surface area contributed by atoms with Crippen LogP contribution >= 0.6 is 0 Å². The average molecular weight is 242 g/mol. The van der Waals surface area contributed by atoms with Crippen molar-refractivity contribution < 1.29 is 5.11 Å². The Morgan fingerprint density at radius 2 is 1.89 bits per heavy atom. The maximum absolute atomic E-state index is 9.97. The van der Waals surface area contributed by atoms with Crippen molar-refractivity contribution in [3.63, 3.8) is 0 Å². The van der Waals surface area contributed by atoms with Crippen LogP contribution in [0.2, 0.25) is 0 Å². The zero-order valence-corrected chi connectivity index (χ0v) is 10.5. The van der Waals surface area contributed by atoms with Gasteiger partial charge in [0.2, 0.25) is 0 Å². The molecule has 2 N–H and O–H groups in total. The van der Waals surface area contributed by atoms with Crippen molar-refractivity contribution in [3.8, 4) is 0 Å². The van der Waals surface area contributed by atoms with E-state index in [0.29, 0.717) is 13.1 Å². The van der Waals surface area contributed by atoms with E-state index in [2.05, 4.69) is 10.3 Å². The number of nitrogens with zero attached hydrogens (tertiary/aromatic N) is 1. The van der Waals surface area contributed by atoms with Gasteiger partial charge < -0.3 is 10.4 Å². The summed E-state index contributed by atoms with van der Waals surface area (Å²) in [6, 6.07) is 15.6. The largest absolute Gasteiger partial charge is 0.387 e. The van der Waals surface area contributed by atoms with Gasteiger partial charge in [0.1, 0.15) is 0 Å². The Morgan fingerprint density at radius 1 is 1.11 bits per heavy atom. The van der Waals surface area contributed by atoms with Crippen LogP contribution in [0.4, 0.5) is 0 Å². The molecule has 1 aromatic carbocycles. The topological polar surface area (TPSA) is 45.1 Å². The number of hydrogen-bond acceptors (Lipinski definition) is 3. The molecule has 0 aliphatic rings. The number of benzene rings is 1. The second-order valence-corrected chi connectivity index (χ2v) is 4.33. The van der Waals surface area contributed by atoms with Gasteiger partial charge in [0, 0.05) is 18.8 Å². The molecule has 1 heterocycles. The number of pyridine rings is 1. The second-order valence-electron chi connectivity index (χ2n) is 4.33. The Balaban J connectivity index is 1.82. The van der Waals surface area contributed by atoms with E-state index in [-0.39, 0.29) is 0 Å². The van der Waals surface area contributed by atoms with Crippen molar-refractivity contribution in [3.05, 3.63) is 65.5 Å². The molecule has 0 aliphatic carbocycles. The first-order chi connectivity index (χ1) is 8.75. The van der Waals surface area contributed by atoms with Gasteiger partial charge in [-0.05, 0) is 24.6 Å². The summed E-state index contributed by atoms with van der Waals surface area (Å²) in [5, 5.41) is 13.2. The third-order valence-electron chi connectivity index (χ3n) is 2.77. The van der Waals surface area contributed by atoms with E-state index >= 15 is 0 Å². The summed E-state index contributed by atoms with van der Waals surface area (Å²) in [4.78, 5) is 4.40. The molecule has 0 saturated heterocycles. The molecular weight excluding hydrogens is 224 g/mol. The highest BCUT2D eigenvalue weighted by molar-refractivity contribution is 5.17. The molecule has 1 atom stereocenters. The van der Waals surface area contributed by atoms with E-state index in [9.17, 15) is 5.11 Å². The van der Waals surface area contributed by atoms with E-state index in [0.717, 1.165) is 17.0 Å². The van der Waals surface area contributed by atoms with Gasteiger partial charge in [-0.3, -0.25) is 4.98 Å². The van der Waals surface area contributed by atoms with Gasteiger partial charge in [0.05, 0.1) is 11.8 Å². The highest BCUT2D eigenvalue weighted by atomic mass is 16.3. The van der Waals surface area contributed by atoms with Crippen molar-refractivity contribution in [2.75, 3.05) is 6.54 Å². The van der Waals surface area contributed by atoms with Crippen molar-refractivity contribution in [1.82, 2.24) is 10.3 Å². The summed E-state index contributed by atoms with van der Waals surface area (Å²) in [6.45, 7) is 3.17. The maximum Gasteiger partial charge on any atom is 0.0914 e. The Morgan fingerprint density at radius 3 is 2.61 bits per heavy atom. The predicted molar refractivity (Wildman–Crippen MR) is 72.1 cm³/mol. The van der Waals surface area contributed by atoms with Crippen LogP contribution < -0.4 is 5.32 Å². The Kier molecular flexibility index (Phi) is 4.45. The number of aliphatic hydroxyl groups excluding tert-OH is 1. The fourth-order valence-corrected chi connectivity index (χ4v) is 1.83. The molecule has 0 saturated carbocycles. The fourth-order valence-electron chi connectivity index (χ4n) is 1.83. The molecule has 94 valence electrons. The van der Waals surface area contributed by atoms with E-state index < -0.39 is 6.10 Å². The summed E-state index contributed by atoms with van der Waals surface area (Å²) < 4.78 is 0. The van der Waals surface area contributed by atoms with E-state index in [1.165, 1.54) is 0 Å². The number of nitrogens with one attached hydrogen (secondary N) is 1. The number of aryl methyl sites for hydroxylation is 1. The van der Waals surface area contributed by atoms with Gasteiger partial charge in [-0.25, -0.2) is 0 Å². The van der Waals surface area contributed by atoms with Crippen molar-refractivity contribution in [2.45, 2.75) is 19.6 Å². The molecule has 0 fully saturated rings. The molecule has 3 nitrogen and oxygen atoms in total. The van der Waals surface area contributed by atoms with Crippen LogP contribution in [-0.2, 0) is 6.54 Å². The smallest absolute Gasteiger partial charge is 0.0914 e. The summed E-state index contributed by atoms with van der Waals surface area (Å²) in [7, 11) is 0. The maximum atomic E-state index is 9.97. The van der Waals surface area contributed by atoms with E-state index in [1.807, 2.05) is 55.5 Å². The summed E-state index contributed by atoms with van der Waals surface area (Å²) in [5.74, 6) is 0. The predicted octanol–water partition coefficient (Wildman–Crippen LogP) is 2.21. The normalized spacial score (nSPS) is 12.3. The van der Waals surface area contributed by atoms with Crippen LogP contribution in [0.3, 0.4) is 0 Å². The lowest BCUT2D eigenvalue weighted by molar-refractivity contribution is 0.174. The number of rotatable bonds is 5. The lowest BCUT2D eigenvalue weighted by Gasteiger charge is -2.12. The molecule has 1 unspecified atom stereocenters. The molecule has 2 rings (SSSR count). The first-order valence-corrected chi connectivity index (χ1v) is 6.12. The Hall–Kier alpha value is -1.71. The van der Waals surface area contributed by atoms with Crippen molar-refractivity contribution in [1.29, 1.82) is 0 Å². The van der Waals surface area contributed by atoms with Crippen LogP contribution in [0.5, 0.6) is 0 Å². The molecule has 0 spiro atoms. The molecular formula is C15H18N2O. The van der Waals surface area contributed by atoms with Gasteiger partial charge in [0.15, 0.2) is 0 Å². The quantitative estimate of drug-likeness (QED) is 0.845. The van der Waals surface area contributed by atoms with Crippen LogP contribution in [0.25, 0.3) is 0 Å². The first-order valence-electron chi connectivity index (χ1n) is 6.12. The molecule has 18 heavy (non-hydrogen) atoms. The minimum atomic E-state index is -0.476. The SMILES string of the molecule is Cc1cccc(CNCC(O)c2ccccc2)n1. The minimum absolute atomic E-state index is 0.476. The Bertz CT molecular complexity index is 485. The van der Waals surface area contributed by atoms with E-state index in [4.69, 9.17) is 0 Å². The van der Waals surface area contributed by atoms with Gasteiger partial charge in [-0.2, -0.15) is 0 Å². The highest BCUT2D eigenvalue weighted by Crippen LogP contribution is 2.10. The zero-order chi connectivity index (χ0) is 12.8. The van der Waals surface area contributed by atoms with E-state index in [1.54, 1.807) is 0 Å². The molecule has 0 bridgehead atoms. The first kappa shape index (κ1) is 12.7. The lowest BCUT2D eigenvalue weighted by atomic mass is 10.1. The van der Waals surface area contributed by atoms with Crippen LogP contribution in [0.1, 0.15) is 23.1 Å². The zero-order valence-electron chi connectivity index (χ0n) is 10.5. The van der Waals surface area contributed by atoms with Gasteiger partial charge >= 0.3 is 0 Å². The highest BCUT2D eigenvalue weighted by Gasteiger charge is 2.05. The summed E-state index contributed by atoms with van der Waals surface area (Å²) in [5.41, 5.74) is 2.94. The van der Waals surface area contributed by atoms with Crippen LogP contribution in [0, 0.1) is 6.92 Å². The van der Waals surface area contributed by atoms with Crippen LogP contribution in [-0.4, -0.2) is 16.6 Å². The molecule has 3 heteroatoms. The van der Waals surface area contributed by atoms with Gasteiger partial charge in [-0.15, -0.1) is 0 Å². The summed E-state index contributed by atoms with van der Waals surface area (Å²) in [6.07, 6.45) is -0.476. The third-order valence-corrected chi connectivity index (χ3v) is 2.77. The number of aromatic nitrogens is 1. The van der Waals surface area contributed by atoms with Gasteiger partial charge in [-0.1, -0.05) is 36.4 Å². The molecule has 0 amide bonds. The third kappa shape index (κ3) is 3.65. The Labute approximate surface area is 108 Å². The fraction of sp³-hybridized carbons (Fsp3) is 0.267. The molecule has 0 aliphatic heterocycles. The lowest BCUT2D eigenvalue weighted by Crippen LogP contribution is -2.21. The summed E-state index contributed by atoms with van der Waals surface area (Å²) >= 11 is 0. The average Bonchev–Trinajstić information content (AvgIpc) is 2.40. The van der Waals surface area contributed by atoms with Gasteiger partial charge in [0.25, 0.3) is 0 Å². The number of aliphatic hydroxyl groups is 1. The van der Waals surface area contributed by atoms with Crippen molar-refractivity contribution in [2.24, 2.45) is 0 Å². The molecule has 0 radical (unpaired) electrons. The molecule has 2 aromatic rings. The minimum Gasteiger partial charge on any atom is -0.387 e. The number of hydrogen-bond donors (Lipinski definition) is 2. The van der Waals surface area contributed by atoms with Crippen LogP contribution in [0.15, 0.2) is 48.5 Å². The van der Waals surface area contributed by atoms with Crippen molar-refractivity contribution >= 4 is 0 Å². The second kappa shape index (κ2) is 6.28. The molecule has 1 aromatic heterocycles.